The predicted octanol–water partition coefficient (Wildman–Crippen LogP) is 5.57. The summed E-state index contributed by atoms with van der Waals surface area (Å²) in [7, 11) is 0. The smallest absolute Gasteiger partial charge is 0.306 e. The van der Waals surface area contributed by atoms with E-state index in [0.29, 0.717) is 13.2 Å². The Balaban J connectivity index is 3.32. The molecule has 0 aromatic heterocycles. The second kappa shape index (κ2) is 18.3. The highest BCUT2D eigenvalue weighted by molar-refractivity contribution is 5.77. The quantitative estimate of drug-likeness (QED) is 0.256. The van der Waals surface area contributed by atoms with E-state index in [1.54, 1.807) is 0 Å². The molecule has 0 spiro atoms. The maximum Gasteiger partial charge on any atom is 0.306 e. The normalized spacial score (nSPS) is 10.6. The summed E-state index contributed by atoms with van der Waals surface area (Å²) in [5.41, 5.74) is 0. The number of unbranched alkanes of at least 4 members (excludes halogenated alkanes) is 10. The van der Waals surface area contributed by atoms with Gasteiger partial charge in [0.2, 0.25) is 0 Å². The third-order valence-corrected chi connectivity index (χ3v) is 4.06. The Kier molecular flexibility index (Phi) is 17.5. The SMILES string of the molecule is CCCCCCCCCCOC(=O)CCC(=O)OCCCCCC. The van der Waals surface area contributed by atoms with Crippen molar-refractivity contribution in [2.75, 3.05) is 13.2 Å². The number of hydrogen-bond acceptors (Lipinski definition) is 4. The van der Waals surface area contributed by atoms with Crippen molar-refractivity contribution in [1.29, 1.82) is 0 Å². The Labute approximate surface area is 148 Å². The zero-order valence-electron chi connectivity index (χ0n) is 15.9. The number of esters is 2. The van der Waals surface area contributed by atoms with Gasteiger partial charge < -0.3 is 9.47 Å². The molecule has 4 nitrogen and oxygen atoms in total. The van der Waals surface area contributed by atoms with Crippen molar-refractivity contribution in [2.24, 2.45) is 0 Å². The van der Waals surface area contributed by atoms with E-state index in [2.05, 4.69) is 13.8 Å². The molecule has 0 fully saturated rings. The summed E-state index contributed by atoms with van der Waals surface area (Å²) in [6.45, 7) is 5.30. The number of carbonyl (C=O) groups excluding carboxylic acids is 2. The van der Waals surface area contributed by atoms with Crippen molar-refractivity contribution in [3.8, 4) is 0 Å². The van der Waals surface area contributed by atoms with Gasteiger partial charge in [0.25, 0.3) is 0 Å². The van der Waals surface area contributed by atoms with Crippen LogP contribution < -0.4 is 0 Å². The van der Waals surface area contributed by atoms with Crippen LogP contribution in [0.4, 0.5) is 0 Å². The molecule has 4 heteroatoms. The molecule has 0 heterocycles. The summed E-state index contributed by atoms with van der Waals surface area (Å²) >= 11 is 0. The Morgan fingerprint density at radius 1 is 0.542 bits per heavy atom. The highest BCUT2D eigenvalue weighted by Gasteiger charge is 2.08. The first-order valence-corrected chi connectivity index (χ1v) is 10.0. The van der Waals surface area contributed by atoms with Gasteiger partial charge in [-0.1, -0.05) is 78.1 Å². The van der Waals surface area contributed by atoms with Crippen LogP contribution in [-0.4, -0.2) is 25.2 Å². The Hall–Kier alpha value is -1.06. The Morgan fingerprint density at radius 2 is 0.875 bits per heavy atom. The molecule has 0 amide bonds. The fourth-order valence-corrected chi connectivity index (χ4v) is 2.49. The van der Waals surface area contributed by atoms with Gasteiger partial charge in [-0.05, 0) is 12.8 Å². The zero-order chi connectivity index (χ0) is 17.9. The van der Waals surface area contributed by atoms with E-state index >= 15 is 0 Å². The van der Waals surface area contributed by atoms with Crippen molar-refractivity contribution in [3.05, 3.63) is 0 Å². The number of ether oxygens (including phenoxy) is 2. The summed E-state index contributed by atoms with van der Waals surface area (Å²) in [4.78, 5) is 23.0. The minimum Gasteiger partial charge on any atom is -0.466 e. The lowest BCUT2D eigenvalue weighted by Gasteiger charge is -2.06. The van der Waals surface area contributed by atoms with Crippen LogP contribution in [0.5, 0.6) is 0 Å². The minimum absolute atomic E-state index is 0.129. The molecular weight excluding hydrogens is 304 g/mol. The summed E-state index contributed by atoms with van der Waals surface area (Å²) < 4.78 is 10.2. The Bertz CT molecular complexity index is 302. The molecule has 0 aliphatic rings. The first-order chi connectivity index (χ1) is 11.7. The van der Waals surface area contributed by atoms with Crippen LogP contribution >= 0.6 is 0 Å². The van der Waals surface area contributed by atoms with Gasteiger partial charge in [0, 0.05) is 0 Å². The van der Waals surface area contributed by atoms with E-state index in [9.17, 15) is 9.59 Å². The highest BCUT2D eigenvalue weighted by atomic mass is 16.5. The topological polar surface area (TPSA) is 52.6 Å². The second-order valence-corrected chi connectivity index (χ2v) is 6.48. The van der Waals surface area contributed by atoms with Gasteiger partial charge in [-0.15, -0.1) is 0 Å². The maximum atomic E-state index is 11.5. The monoisotopic (exact) mass is 342 g/mol. The molecular formula is C20H38O4. The van der Waals surface area contributed by atoms with Gasteiger partial charge in [0.1, 0.15) is 0 Å². The van der Waals surface area contributed by atoms with Crippen molar-refractivity contribution < 1.29 is 19.1 Å². The molecule has 0 bridgehead atoms. The molecule has 0 atom stereocenters. The Morgan fingerprint density at radius 3 is 1.29 bits per heavy atom. The van der Waals surface area contributed by atoms with Gasteiger partial charge >= 0.3 is 11.9 Å². The molecule has 0 aromatic carbocycles. The fraction of sp³-hybridized carbons (Fsp3) is 0.900. The molecule has 0 radical (unpaired) electrons. The molecule has 0 unspecified atom stereocenters. The first-order valence-electron chi connectivity index (χ1n) is 10.0. The second-order valence-electron chi connectivity index (χ2n) is 6.48. The molecule has 24 heavy (non-hydrogen) atoms. The van der Waals surface area contributed by atoms with Gasteiger partial charge in [-0.3, -0.25) is 9.59 Å². The van der Waals surface area contributed by atoms with E-state index in [0.717, 1.165) is 25.7 Å². The van der Waals surface area contributed by atoms with Crippen LogP contribution in [0.25, 0.3) is 0 Å². The lowest BCUT2D eigenvalue weighted by molar-refractivity contribution is -0.150. The van der Waals surface area contributed by atoms with Crippen molar-refractivity contribution in [3.63, 3.8) is 0 Å². The molecule has 0 rings (SSSR count). The summed E-state index contributed by atoms with van der Waals surface area (Å²) in [5.74, 6) is -0.587. The van der Waals surface area contributed by atoms with Crippen molar-refractivity contribution >= 4 is 11.9 Å². The van der Waals surface area contributed by atoms with E-state index < -0.39 is 0 Å². The largest absolute Gasteiger partial charge is 0.466 e. The molecule has 0 aliphatic carbocycles. The van der Waals surface area contributed by atoms with Crippen LogP contribution in [0.15, 0.2) is 0 Å². The average molecular weight is 343 g/mol. The summed E-state index contributed by atoms with van der Waals surface area (Å²) in [5, 5.41) is 0. The van der Waals surface area contributed by atoms with Gasteiger partial charge in [-0.25, -0.2) is 0 Å². The van der Waals surface area contributed by atoms with Gasteiger partial charge in [-0.2, -0.15) is 0 Å². The van der Waals surface area contributed by atoms with Crippen LogP contribution in [0.3, 0.4) is 0 Å². The molecule has 0 saturated carbocycles. The predicted molar refractivity (Wildman–Crippen MR) is 97.9 cm³/mol. The van der Waals surface area contributed by atoms with Crippen LogP contribution in [0.2, 0.25) is 0 Å². The zero-order valence-corrected chi connectivity index (χ0v) is 15.9. The minimum atomic E-state index is -0.296. The van der Waals surface area contributed by atoms with Crippen LogP contribution in [0.1, 0.15) is 104 Å². The lowest BCUT2D eigenvalue weighted by atomic mass is 10.1. The summed E-state index contributed by atoms with van der Waals surface area (Å²) in [6, 6.07) is 0. The maximum absolute atomic E-state index is 11.5. The third kappa shape index (κ3) is 17.3. The highest BCUT2D eigenvalue weighted by Crippen LogP contribution is 2.08. The number of carbonyl (C=O) groups is 2. The molecule has 142 valence electrons. The van der Waals surface area contributed by atoms with Crippen molar-refractivity contribution in [1.82, 2.24) is 0 Å². The molecule has 0 N–H and O–H groups in total. The van der Waals surface area contributed by atoms with Gasteiger partial charge in [0.05, 0.1) is 26.1 Å². The standard InChI is InChI=1S/C20H38O4/c1-3-5-7-9-10-11-12-14-18-24-20(22)16-15-19(21)23-17-13-8-6-4-2/h3-18H2,1-2H3. The van der Waals surface area contributed by atoms with Crippen molar-refractivity contribution in [2.45, 2.75) is 104 Å². The van der Waals surface area contributed by atoms with E-state index in [1.165, 1.54) is 51.4 Å². The third-order valence-electron chi connectivity index (χ3n) is 4.06. The summed E-state index contributed by atoms with van der Waals surface area (Å²) in [6.07, 6.45) is 14.4. The van der Waals surface area contributed by atoms with Gasteiger partial charge in [0.15, 0.2) is 0 Å². The number of rotatable bonds is 17. The molecule has 0 aliphatic heterocycles. The fourth-order valence-electron chi connectivity index (χ4n) is 2.49. The lowest BCUT2D eigenvalue weighted by Crippen LogP contribution is -2.11. The molecule has 0 saturated heterocycles. The average Bonchev–Trinajstić information content (AvgIpc) is 2.58. The van der Waals surface area contributed by atoms with Crippen LogP contribution in [0, 0.1) is 0 Å². The number of hydrogen-bond donors (Lipinski definition) is 0. The molecule has 0 aromatic rings. The van der Waals surface area contributed by atoms with Crippen LogP contribution in [-0.2, 0) is 19.1 Å². The van der Waals surface area contributed by atoms with E-state index in [-0.39, 0.29) is 24.8 Å². The first kappa shape index (κ1) is 22.9. The van der Waals surface area contributed by atoms with E-state index in [4.69, 9.17) is 9.47 Å². The van der Waals surface area contributed by atoms with E-state index in [1.807, 2.05) is 0 Å².